The van der Waals surface area contributed by atoms with Gasteiger partial charge in [0, 0.05) is 15.0 Å². The fourth-order valence-electron chi connectivity index (χ4n) is 1.32. The van der Waals surface area contributed by atoms with Crippen LogP contribution >= 0.6 is 31.9 Å². The average Bonchev–Trinajstić information content (AvgIpc) is 2.14. The van der Waals surface area contributed by atoms with E-state index in [9.17, 15) is 0 Å². The van der Waals surface area contributed by atoms with E-state index in [1.165, 1.54) is 12.0 Å². The summed E-state index contributed by atoms with van der Waals surface area (Å²) < 4.78 is 2.26. The van der Waals surface area contributed by atoms with Gasteiger partial charge in [0.05, 0.1) is 0 Å². The summed E-state index contributed by atoms with van der Waals surface area (Å²) in [6.07, 6.45) is 1.17. The number of rotatable bonds is 4. The maximum absolute atomic E-state index is 3.57. The second-order valence-electron chi connectivity index (χ2n) is 3.34. The molecule has 3 heteroatoms. The van der Waals surface area contributed by atoms with Crippen molar-refractivity contribution < 1.29 is 0 Å². The molecule has 14 heavy (non-hydrogen) atoms. The Morgan fingerprint density at radius 3 is 2.64 bits per heavy atom. The van der Waals surface area contributed by atoms with E-state index in [0.29, 0.717) is 6.04 Å². The summed E-state index contributed by atoms with van der Waals surface area (Å²) in [6.45, 7) is 5.42. The van der Waals surface area contributed by atoms with Gasteiger partial charge >= 0.3 is 0 Å². The zero-order chi connectivity index (χ0) is 10.6. The number of hydrogen-bond acceptors (Lipinski definition) is 1. The van der Waals surface area contributed by atoms with E-state index in [1.807, 2.05) is 0 Å². The summed E-state index contributed by atoms with van der Waals surface area (Å²) in [4.78, 5) is 0. The fraction of sp³-hybridized carbons (Fsp3) is 0.455. The molecule has 1 unspecified atom stereocenters. The van der Waals surface area contributed by atoms with Gasteiger partial charge in [-0.3, -0.25) is 0 Å². The standard InChI is InChI=1S/C11H15Br2N/c1-3-6-14-8(2)10-5-4-9(12)7-11(10)13/h4-5,7-8,14H,3,6H2,1-2H3. The highest BCUT2D eigenvalue weighted by molar-refractivity contribution is 9.11. The maximum atomic E-state index is 3.57. The molecule has 0 spiro atoms. The second-order valence-corrected chi connectivity index (χ2v) is 5.11. The Morgan fingerprint density at radius 1 is 1.36 bits per heavy atom. The zero-order valence-electron chi connectivity index (χ0n) is 8.48. The van der Waals surface area contributed by atoms with E-state index in [1.54, 1.807) is 0 Å². The summed E-state index contributed by atoms with van der Waals surface area (Å²) in [5, 5.41) is 3.46. The largest absolute Gasteiger partial charge is 0.310 e. The molecule has 1 aromatic carbocycles. The zero-order valence-corrected chi connectivity index (χ0v) is 11.7. The molecular weight excluding hydrogens is 306 g/mol. The minimum atomic E-state index is 0.400. The predicted octanol–water partition coefficient (Wildman–Crippen LogP) is 4.27. The lowest BCUT2D eigenvalue weighted by molar-refractivity contribution is 0.569. The number of hydrogen-bond donors (Lipinski definition) is 1. The van der Waals surface area contributed by atoms with Crippen LogP contribution in [0.1, 0.15) is 31.9 Å². The van der Waals surface area contributed by atoms with Crippen molar-refractivity contribution in [2.75, 3.05) is 6.54 Å². The van der Waals surface area contributed by atoms with Gasteiger partial charge in [0.2, 0.25) is 0 Å². The molecule has 0 bridgehead atoms. The molecule has 1 atom stereocenters. The van der Waals surface area contributed by atoms with Crippen molar-refractivity contribution in [3.63, 3.8) is 0 Å². The SMILES string of the molecule is CCCNC(C)c1ccc(Br)cc1Br. The van der Waals surface area contributed by atoms with Crippen molar-refractivity contribution in [2.45, 2.75) is 26.3 Å². The molecule has 0 saturated heterocycles. The van der Waals surface area contributed by atoms with E-state index < -0.39 is 0 Å². The minimum Gasteiger partial charge on any atom is -0.310 e. The van der Waals surface area contributed by atoms with Gasteiger partial charge in [-0.2, -0.15) is 0 Å². The van der Waals surface area contributed by atoms with Crippen LogP contribution in [0.5, 0.6) is 0 Å². The Hall–Kier alpha value is 0.140. The van der Waals surface area contributed by atoms with E-state index in [2.05, 4.69) is 69.2 Å². The lowest BCUT2D eigenvalue weighted by atomic mass is 10.1. The van der Waals surface area contributed by atoms with Crippen molar-refractivity contribution in [2.24, 2.45) is 0 Å². The molecule has 1 aromatic rings. The fourth-order valence-corrected chi connectivity index (χ4v) is 2.71. The molecule has 0 radical (unpaired) electrons. The molecular formula is C11H15Br2N. The van der Waals surface area contributed by atoms with Crippen LogP contribution < -0.4 is 5.32 Å². The first kappa shape index (κ1) is 12.2. The topological polar surface area (TPSA) is 12.0 Å². The number of benzene rings is 1. The first-order valence-electron chi connectivity index (χ1n) is 4.83. The smallest absolute Gasteiger partial charge is 0.0302 e. The Labute approximate surface area is 103 Å². The molecule has 0 aliphatic rings. The lowest BCUT2D eigenvalue weighted by Crippen LogP contribution is -2.19. The molecule has 0 aromatic heterocycles. The van der Waals surface area contributed by atoms with Crippen LogP contribution in [-0.2, 0) is 0 Å². The molecule has 1 rings (SSSR count). The minimum absolute atomic E-state index is 0.400. The van der Waals surface area contributed by atoms with Crippen molar-refractivity contribution in [3.8, 4) is 0 Å². The highest BCUT2D eigenvalue weighted by Gasteiger charge is 2.07. The van der Waals surface area contributed by atoms with Gasteiger partial charge in [0.25, 0.3) is 0 Å². The van der Waals surface area contributed by atoms with Crippen LogP contribution in [0.2, 0.25) is 0 Å². The Morgan fingerprint density at radius 2 is 2.07 bits per heavy atom. The normalized spacial score (nSPS) is 12.9. The summed E-state index contributed by atoms with van der Waals surface area (Å²) >= 11 is 7.02. The summed E-state index contributed by atoms with van der Waals surface area (Å²) in [6, 6.07) is 6.70. The average molecular weight is 321 g/mol. The third kappa shape index (κ3) is 3.37. The second kappa shape index (κ2) is 5.89. The van der Waals surface area contributed by atoms with Gasteiger partial charge in [0.1, 0.15) is 0 Å². The predicted molar refractivity (Wildman–Crippen MR) is 68.6 cm³/mol. The molecule has 1 nitrogen and oxygen atoms in total. The first-order valence-corrected chi connectivity index (χ1v) is 6.42. The molecule has 1 N–H and O–H groups in total. The Bertz CT molecular complexity index is 299. The third-order valence-corrected chi connectivity index (χ3v) is 3.31. The summed E-state index contributed by atoms with van der Waals surface area (Å²) in [5.74, 6) is 0. The van der Waals surface area contributed by atoms with Crippen LogP contribution in [-0.4, -0.2) is 6.54 Å². The highest BCUT2D eigenvalue weighted by atomic mass is 79.9. The first-order chi connectivity index (χ1) is 6.65. The molecule has 0 heterocycles. The molecule has 0 amide bonds. The van der Waals surface area contributed by atoms with E-state index >= 15 is 0 Å². The van der Waals surface area contributed by atoms with E-state index in [-0.39, 0.29) is 0 Å². The van der Waals surface area contributed by atoms with Gasteiger partial charge in [-0.15, -0.1) is 0 Å². The van der Waals surface area contributed by atoms with Crippen molar-refractivity contribution in [3.05, 3.63) is 32.7 Å². The van der Waals surface area contributed by atoms with Gasteiger partial charge in [-0.1, -0.05) is 44.8 Å². The molecule has 0 fully saturated rings. The van der Waals surface area contributed by atoms with Crippen LogP contribution in [0.25, 0.3) is 0 Å². The molecule has 78 valence electrons. The third-order valence-electron chi connectivity index (χ3n) is 2.13. The van der Waals surface area contributed by atoms with Crippen molar-refractivity contribution in [1.29, 1.82) is 0 Å². The van der Waals surface area contributed by atoms with Crippen LogP contribution in [0.3, 0.4) is 0 Å². The van der Waals surface area contributed by atoms with Crippen LogP contribution in [0.15, 0.2) is 27.1 Å². The number of halogens is 2. The summed E-state index contributed by atoms with van der Waals surface area (Å²) in [7, 11) is 0. The van der Waals surface area contributed by atoms with Gasteiger partial charge in [-0.25, -0.2) is 0 Å². The number of nitrogens with one attached hydrogen (secondary N) is 1. The van der Waals surface area contributed by atoms with Gasteiger partial charge in [0.15, 0.2) is 0 Å². The van der Waals surface area contributed by atoms with Crippen LogP contribution in [0, 0.1) is 0 Å². The molecule has 0 aliphatic heterocycles. The van der Waals surface area contributed by atoms with E-state index in [0.717, 1.165) is 15.5 Å². The van der Waals surface area contributed by atoms with Gasteiger partial charge in [-0.05, 0) is 37.6 Å². The van der Waals surface area contributed by atoms with Crippen LogP contribution in [0.4, 0.5) is 0 Å². The monoisotopic (exact) mass is 319 g/mol. The maximum Gasteiger partial charge on any atom is 0.0302 e. The quantitative estimate of drug-likeness (QED) is 0.873. The molecule has 0 aliphatic carbocycles. The van der Waals surface area contributed by atoms with Gasteiger partial charge < -0.3 is 5.32 Å². The summed E-state index contributed by atoms with van der Waals surface area (Å²) in [5.41, 5.74) is 1.31. The Balaban J connectivity index is 2.74. The van der Waals surface area contributed by atoms with Crippen molar-refractivity contribution in [1.82, 2.24) is 5.32 Å². The van der Waals surface area contributed by atoms with E-state index in [4.69, 9.17) is 0 Å². The molecule has 0 saturated carbocycles. The highest BCUT2D eigenvalue weighted by Crippen LogP contribution is 2.26. The lowest BCUT2D eigenvalue weighted by Gasteiger charge is -2.15. The Kier molecular flexibility index (Phi) is 5.13. The van der Waals surface area contributed by atoms with Crippen molar-refractivity contribution >= 4 is 31.9 Å².